The predicted molar refractivity (Wildman–Crippen MR) is 123 cm³/mol. The summed E-state index contributed by atoms with van der Waals surface area (Å²) in [6.45, 7) is 0. The molecule has 0 radical (unpaired) electrons. The Bertz CT molecular complexity index is 1270. The van der Waals surface area contributed by atoms with Crippen molar-refractivity contribution in [2.24, 2.45) is 0 Å². The molecule has 0 aliphatic rings. The van der Waals surface area contributed by atoms with Gasteiger partial charge >= 0.3 is 0 Å². The van der Waals surface area contributed by atoms with E-state index < -0.39 is 0 Å². The molecular formula is C22H12S4. The average molecular weight is 405 g/mol. The second-order valence-corrected chi connectivity index (χ2v) is 12.3. The molecule has 1 heterocycles. The van der Waals surface area contributed by atoms with Crippen LogP contribution in [0.15, 0.2) is 72.8 Å². The fourth-order valence-electron chi connectivity index (χ4n) is 3.69. The summed E-state index contributed by atoms with van der Waals surface area (Å²) in [5.41, 5.74) is 0. The molecule has 0 unspecified atom stereocenters. The molecule has 26 heavy (non-hydrogen) atoms. The van der Waals surface area contributed by atoms with Gasteiger partial charge in [0.25, 0.3) is 0 Å². The molecule has 124 valence electrons. The largest absolute Gasteiger partial charge is 0.0676 e. The van der Waals surface area contributed by atoms with Crippen LogP contribution in [0.3, 0.4) is 0 Å². The quantitative estimate of drug-likeness (QED) is 0.175. The summed E-state index contributed by atoms with van der Waals surface area (Å²) in [5.74, 6) is 0. The molecule has 0 spiro atoms. The molecule has 5 aromatic carbocycles. The highest BCUT2D eigenvalue weighted by Crippen LogP contribution is 2.36. The van der Waals surface area contributed by atoms with Gasteiger partial charge in [0.1, 0.15) is 0 Å². The Morgan fingerprint density at radius 3 is 1.15 bits per heavy atom. The standard InChI is InChI=1S/C22H12S4/c1-2-4-14-6-16-8-18-10-20-12-22-21(23-25-26-24-22)11-19(20)9-17(18)7-15(16)5-13(14)3-1/h1-12H. The van der Waals surface area contributed by atoms with E-state index in [1.165, 1.54) is 52.5 Å². The first kappa shape index (κ1) is 15.1. The second kappa shape index (κ2) is 5.76. The first-order chi connectivity index (χ1) is 12.8. The van der Waals surface area contributed by atoms with Crippen molar-refractivity contribution in [2.75, 3.05) is 0 Å². The summed E-state index contributed by atoms with van der Waals surface area (Å²) in [6, 6.07) is 27.3. The van der Waals surface area contributed by atoms with Crippen molar-refractivity contribution in [1.29, 1.82) is 0 Å². The number of hydrogen-bond donors (Lipinski definition) is 0. The van der Waals surface area contributed by atoms with Crippen molar-refractivity contribution >= 4 is 91.9 Å². The highest BCUT2D eigenvalue weighted by Gasteiger charge is 2.05. The maximum atomic E-state index is 2.35. The van der Waals surface area contributed by atoms with Gasteiger partial charge < -0.3 is 0 Å². The molecule has 0 N–H and O–H groups in total. The zero-order chi connectivity index (χ0) is 17.1. The summed E-state index contributed by atoms with van der Waals surface area (Å²) in [4.78, 5) is 0. The van der Waals surface area contributed by atoms with E-state index in [-0.39, 0.29) is 0 Å². The van der Waals surface area contributed by atoms with Gasteiger partial charge in [0.2, 0.25) is 0 Å². The van der Waals surface area contributed by atoms with Gasteiger partial charge in [0.15, 0.2) is 0 Å². The molecule has 0 bridgehead atoms. The van der Waals surface area contributed by atoms with Crippen LogP contribution >= 0.6 is 39.4 Å². The van der Waals surface area contributed by atoms with Crippen LogP contribution in [0.1, 0.15) is 0 Å². The Hall–Kier alpha value is -1.98. The lowest BCUT2D eigenvalue weighted by Crippen LogP contribution is -1.80. The van der Waals surface area contributed by atoms with E-state index in [1.54, 1.807) is 0 Å². The van der Waals surface area contributed by atoms with Crippen LogP contribution in [0.2, 0.25) is 0 Å². The van der Waals surface area contributed by atoms with Crippen molar-refractivity contribution < 1.29 is 0 Å². The minimum absolute atomic E-state index is 1.30. The molecular weight excluding hydrogens is 393 g/mol. The van der Waals surface area contributed by atoms with Crippen LogP contribution in [0.4, 0.5) is 0 Å². The molecule has 0 saturated heterocycles. The van der Waals surface area contributed by atoms with Gasteiger partial charge in [-0.1, -0.05) is 44.9 Å². The summed E-state index contributed by atoms with van der Waals surface area (Å²) >= 11 is 0. The van der Waals surface area contributed by atoms with Crippen molar-refractivity contribution in [2.45, 2.75) is 0 Å². The molecule has 0 saturated carbocycles. The summed E-state index contributed by atoms with van der Waals surface area (Å²) in [6.07, 6.45) is 0. The average Bonchev–Trinajstić information content (AvgIpc) is 2.67. The van der Waals surface area contributed by atoms with E-state index in [1.807, 2.05) is 39.4 Å². The molecule has 6 aromatic rings. The van der Waals surface area contributed by atoms with Gasteiger partial charge in [-0.05, 0) is 110 Å². The molecule has 0 atom stereocenters. The van der Waals surface area contributed by atoms with Gasteiger partial charge in [0, 0.05) is 0 Å². The molecule has 0 nitrogen and oxygen atoms in total. The summed E-state index contributed by atoms with van der Waals surface area (Å²) in [7, 11) is 7.44. The zero-order valence-corrected chi connectivity index (χ0v) is 16.8. The molecule has 6 rings (SSSR count). The number of benzene rings is 5. The van der Waals surface area contributed by atoms with E-state index in [9.17, 15) is 0 Å². The second-order valence-electron chi connectivity index (χ2n) is 6.55. The van der Waals surface area contributed by atoms with Crippen molar-refractivity contribution in [3.05, 3.63) is 72.8 Å². The van der Waals surface area contributed by atoms with Gasteiger partial charge in [-0.3, -0.25) is 0 Å². The van der Waals surface area contributed by atoms with Crippen molar-refractivity contribution in [1.82, 2.24) is 0 Å². The Balaban J connectivity index is 1.72. The Kier molecular flexibility index (Phi) is 3.35. The maximum Gasteiger partial charge on any atom is 0.0572 e. The molecule has 0 amide bonds. The van der Waals surface area contributed by atoms with Crippen LogP contribution in [0.25, 0.3) is 52.5 Å². The lowest BCUT2D eigenvalue weighted by molar-refractivity contribution is 1.79. The third-order valence-corrected chi connectivity index (χ3v) is 11.2. The first-order valence-corrected chi connectivity index (χ1v) is 13.2. The Morgan fingerprint density at radius 1 is 0.385 bits per heavy atom. The lowest BCUT2D eigenvalue weighted by Gasteiger charge is -2.07. The first-order valence-electron chi connectivity index (χ1n) is 8.35. The lowest BCUT2D eigenvalue weighted by atomic mass is 9.97. The van der Waals surface area contributed by atoms with Crippen molar-refractivity contribution in [3.63, 3.8) is 0 Å². The normalized spacial score (nSPS) is 11.8. The highest BCUT2D eigenvalue weighted by atomic mass is 33.4. The van der Waals surface area contributed by atoms with E-state index in [4.69, 9.17) is 0 Å². The molecule has 0 fully saturated rings. The fraction of sp³-hybridized carbons (Fsp3) is 0. The van der Waals surface area contributed by atoms with Crippen LogP contribution in [-0.2, 0) is 0 Å². The Morgan fingerprint density at radius 2 is 0.731 bits per heavy atom. The van der Waals surface area contributed by atoms with E-state index in [2.05, 4.69) is 72.8 Å². The number of fused-ring (bicyclic) bond motifs is 5. The van der Waals surface area contributed by atoms with Gasteiger partial charge in [-0.2, -0.15) is 0 Å². The maximum absolute atomic E-state index is 2.35. The molecule has 4 heteroatoms. The minimum atomic E-state index is 1.30. The van der Waals surface area contributed by atoms with Gasteiger partial charge in [0.05, 0.1) is 9.40 Å². The van der Waals surface area contributed by atoms with E-state index >= 15 is 0 Å². The summed E-state index contributed by atoms with van der Waals surface area (Å²) in [5, 5.41) is 10.5. The third-order valence-electron chi connectivity index (χ3n) is 4.95. The van der Waals surface area contributed by atoms with Gasteiger partial charge in [-0.25, -0.2) is 0 Å². The number of rotatable bonds is 0. The van der Waals surface area contributed by atoms with E-state index in [0.29, 0.717) is 0 Å². The SMILES string of the molecule is c1ccc2cc3cc4cc5cc6ssssc6cc5cc4cc3cc2c1. The fourth-order valence-corrected chi connectivity index (χ4v) is 9.84. The topological polar surface area (TPSA) is 0 Å². The summed E-state index contributed by atoms with van der Waals surface area (Å²) < 4.78 is 2.77. The van der Waals surface area contributed by atoms with E-state index in [0.717, 1.165) is 0 Å². The van der Waals surface area contributed by atoms with Crippen LogP contribution < -0.4 is 0 Å². The minimum Gasteiger partial charge on any atom is -0.0676 e. The number of hydrogen-bond acceptors (Lipinski definition) is 4. The predicted octanol–water partition coefficient (Wildman–Crippen LogP) is 8.82. The third kappa shape index (κ3) is 2.37. The van der Waals surface area contributed by atoms with Crippen LogP contribution in [0, 0.1) is 0 Å². The monoisotopic (exact) mass is 404 g/mol. The smallest absolute Gasteiger partial charge is 0.0572 e. The van der Waals surface area contributed by atoms with Crippen LogP contribution in [-0.4, -0.2) is 0 Å². The molecule has 0 aliphatic carbocycles. The van der Waals surface area contributed by atoms with Crippen molar-refractivity contribution in [3.8, 4) is 0 Å². The van der Waals surface area contributed by atoms with Gasteiger partial charge in [-0.15, -0.1) is 0 Å². The Labute approximate surface area is 164 Å². The molecule has 0 aliphatic heterocycles. The zero-order valence-electron chi connectivity index (χ0n) is 13.6. The van der Waals surface area contributed by atoms with Crippen LogP contribution in [0.5, 0.6) is 0 Å². The molecule has 1 aromatic heterocycles. The highest BCUT2D eigenvalue weighted by molar-refractivity contribution is 8.09.